The molecule has 0 aromatic heterocycles. The van der Waals surface area contributed by atoms with Crippen LogP contribution in [-0.4, -0.2) is 17.9 Å². The van der Waals surface area contributed by atoms with Crippen LogP contribution >= 0.6 is 0 Å². The number of aliphatic hydroxyl groups is 1. The lowest BCUT2D eigenvalue weighted by molar-refractivity contribution is 0.282. The van der Waals surface area contributed by atoms with Gasteiger partial charge in [-0.1, -0.05) is 36.4 Å². The van der Waals surface area contributed by atoms with Crippen molar-refractivity contribution in [3.63, 3.8) is 0 Å². The highest BCUT2D eigenvalue weighted by molar-refractivity contribution is 5.92. The van der Waals surface area contributed by atoms with Gasteiger partial charge in [0.15, 0.2) is 0 Å². The van der Waals surface area contributed by atoms with Crippen molar-refractivity contribution in [2.24, 2.45) is 4.99 Å². The normalized spacial score (nSPS) is 15.2. The van der Waals surface area contributed by atoms with Crippen LogP contribution in [-0.2, 0) is 6.61 Å². The molecular weight excluding hydrogens is 248 g/mol. The lowest BCUT2D eigenvalue weighted by atomic mass is 9.99. The van der Waals surface area contributed by atoms with Gasteiger partial charge in [-0.25, -0.2) is 0 Å². The SMILES string of the molecule is OCc1ccc(NC=C2CN=Cc3ccccc32)cc1. The summed E-state index contributed by atoms with van der Waals surface area (Å²) < 4.78 is 0. The van der Waals surface area contributed by atoms with Gasteiger partial charge in [-0.3, -0.25) is 4.99 Å². The van der Waals surface area contributed by atoms with E-state index in [0.717, 1.165) is 16.8 Å². The third-order valence-electron chi connectivity index (χ3n) is 3.35. The number of hydrogen-bond acceptors (Lipinski definition) is 3. The number of rotatable bonds is 3. The summed E-state index contributed by atoms with van der Waals surface area (Å²) in [6, 6.07) is 16.0. The Balaban J connectivity index is 1.81. The van der Waals surface area contributed by atoms with Crippen LogP contribution in [0.5, 0.6) is 0 Å². The molecular formula is C17H16N2O. The average Bonchev–Trinajstić information content (AvgIpc) is 2.53. The second-order valence-electron chi connectivity index (χ2n) is 4.73. The number of anilines is 1. The third-order valence-corrected chi connectivity index (χ3v) is 3.35. The van der Waals surface area contributed by atoms with E-state index in [4.69, 9.17) is 5.11 Å². The standard InChI is InChI=1S/C17H16N2O/c20-12-13-5-7-16(8-6-13)19-11-15-10-18-9-14-3-1-2-4-17(14)15/h1-9,11,19-20H,10,12H2. The van der Waals surface area contributed by atoms with E-state index in [1.165, 1.54) is 11.1 Å². The van der Waals surface area contributed by atoms with Gasteiger partial charge in [0.1, 0.15) is 0 Å². The molecule has 1 heterocycles. The van der Waals surface area contributed by atoms with Crippen LogP contribution < -0.4 is 5.32 Å². The second-order valence-corrected chi connectivity index (χ2v) is 4.73. The van der Waals surface area contributed by atoms with E-state index in [9.17, 15) is 0 Å². The Morgan fingerprint density at radius 1 is 1.10 bits per heavy atom. The summed E-state index contributed by atoms with van der Waals surface area (Å²) in [4.78, 5) is 4.37. The molecule has 3 nitrogen and oxygen atoms in total. The zero-order valence-electron chi connectivity index (χ0n) is 11.1. The highest BCUT2D eigenvalue weighted by Gasteiger charge is 2.09. The maximum atomic E-state index is 9.02. The van der Waals surface area contributed by atoms with Crippen LogP contribution in [0.2, 0.25) is 0 Å². The first-order chi connectivity index (χ1) is 9.86. The molecule has 1 aliphatic rings. The molecule has 0 aliphatic carbocycles. The lowest BCUT2D eigenvalue weighted by Crippen LogP contribution is -2.03. The molecule has 0 fully saturated rings. The van der Waals surface area contributed by atoms with Gasteiger partial charge in [-0.05, 0) is 34.4 Å². The first-order valence-electron chi connectivity index (χ1n) is 6.61. The Labute approximate surface area is 118 Å². The number of fused-ring (bicyclic) bond motifs is 1. The van der Waals surface area contributed by atoms with Crippen molar-refractivity contribution in [1.29, 1.82) is 0 Å². The van der Waals surface area contributed by atoms with E-state index in [2.05, 4.69) is 22.4 Å². The van der Waals surface area contributed by atoms with Crippen LogP contribution in [0.3, 0.4) is 0 Å². The number of hydrogen-bond donors (Lipinski definition) is 2. The molecule has 0 saturated heterocycles. The fourth-order valence-corrected chi connectivity index (χ4v) is 2.23. The predicted molar refractivity (Wildman–Crippen MR) is 82.9 cm³/mol. The Bertz CT molecular complexity index is 657. The van der Waals surface area contributed by atoms with E-state index in [1.807, 2.05) is 48.8 Å². The molecule has 1 aliphatic heterocycles. The quantitative estimate of drug-likeness (QED) is 0.895. The zero-order chi connectivity index (χ0) is 13.8. The summed E-state index contributed by atoms with van der Waals surface area (Å²) in [5.41, 5.74) is 5.47. The first kappa shape index (κ1) is 12.6. The summed E-state index contributed by atoms with van der Waals surface area (Å²) >= 11 is 0. The Morgan fingerprint density at radius 3 is 2.70 bits per heavy atom. The molecule has 0 atom stereocenters. The van der Waals surface area contributed by atoms with Gasteiger partial charge in [0.2, 0.25) is 0 Å². The molecule has 0 amide bonds. The van der Waals surface area contributed by atoms with E-state index < -0.39 is 0 Å². The Morgan fingerprint density at radius 2 is 1.90 bits per heavy atom. The van der Waals surface area contributed by atoms with Crippen LogP contribution in [0.25, 0.3) is 5.57 Å². The first-order valence-corrected chi connectivity index (χ1v) is 6.61. The van der Waals surface area contributed by atoms with Crippen molar-refractivity contribution in [1.82, 2.24) is 0 Å². The fraction of sp³-hybridized carbons (Fsp3) is 0.118. The summed E-state index contributed by atoms with van der Waals surface area (Å²) in [5, 5.41) is 12.3. The summed E-state index contributed by atoms with van der Waals surface area (Å²) in [5.74, 6) is 0. The average molecular weight is 264 g/mol. The van der Waals surface area contributed by atoms with Gasteiger partial charge in [0.25, 0.3) is 0 Å². The van der Waals surface area contributed by atoms with Crippen LogP contribution in [0.1, 0.15) is 16.7 Å². The number of nitrogens with one attached hydrogen (secondary N) is 1. The second kappa shape index (κ2) is 5.72. The highest BCUT2D eigenvalue weighted by Crippen LogP contribution is 2.22. The maximum Gasteiger partial charge on any atom is 0.0681 e. The van der Waals surface area contributed by atoms with Gasteiger partial charge in [0.05, 0.1) is 13.2 Å². The lowest BCUT2D eigenvalue weighted by Gasteiger charge is -2.14. The van der Waals surface area contributed by atoms with E-state index in [1.54, 1.807) is 0 Å². The van der Waals surface area contributed by atoms with Crippen molar-refractivity contribution in [3.05, 3.63) is 71.4 Å². The number of aliphatic imine (C=N–C) groups is 1. The minimum Gasteiger partial charge on any atom is -0.392 e. The van der Waals surface area contributed by atoms with Crippen molar-refractivity contribution in [3.8, 4) is 0 Å². The van der Waals surface area contributed by atoms with E-state index in [0.29, 0.717) is 6.54 Å². The molecule has 0 bridgehead atoms. The van der Waals surface area contributed by atoms with Crippen LogP contribution in [0, 0.1) is 0 Å². The molecule has 0 saturated carbocycles. The van der Waals surface area contributed by atoms with Crippen LogP contribution in [0.4, 0.5) is 5.69 Å². The molecule has 100 valence electrons. The highest BCUT2D eigenvalue weighted by atomic mass is 16.3. The molecule has 2 aromatic rings. The number of aliphatic hydroxyl groups excluding tert-OH is 1. The van der Waals surface area contributed by atoms with E-state index >= 15 is 0 Å². The molecule has 20 heavy (non-hydrogen) atoms. The smallest absolute Gasteiger partial charge is 0.0681 e. The monoisotopic (exact) mass is 264 g/mol. The van der Waals surface area contributed by atoms with Gasteiger partial charge < -0.3 is 10.4 Å². The largest absolute Gasteiger partial charge is 0.392 e. The molecule has 2 N–H and O–H groups in total. The maximum absolute atomic E-state index is 9.02. The van der Waals surface area contributed by atoms with Crippen molar-refractivity contribution < 1.29 is 5.11 Å². The van der Waals surface area contributed by atoms with Gasteiger partial charge in [-0.15, -0.1) is 0 Å². The van der Waals surface area contributed by atoms with Crippen molar-refractivity contribution in [2.45, 2.75) is 6.61 Å². The number of benzene rings is 2. The number of nitrogens with zero attached hydrogens (tertiary/aromatic N) is 1. The van der Waals surface area contributed by atoms with Crippen LogP contribution in [0.15, 0.2) is 59.7 Å². The third kappa shape index (κ3) is 2.63. The topological polar surface area (TPSA) is 44.6 Å². The van der Waals surface area contributed by atoms with Crippen molar-refractivity contribution in [2.75, 3.05) is 11.9 Å². The predicted octanol–water partition coefficient (Wildman–Crippen LogP) is 3.06. The summed E-state index contributed by atoms with van der Waals surface area (Å²) in [6.07, 6.45) is 3.92. The minimum atomic E-state index is 0.0729. The molecule has 3 heteroatoms. The minimum absolute atomic E-state index is 0.0729. The molecule has 0 spiro atoms. The molecule has 2 aromatic carbocycles. The molecule has 3 rings (SSSR count). The molecule has 0 unspecified atom stereocenters. The fourth-order valence-electron chi connectivity index (χ4n) is 2.23. The Kier molecular flexibility index (Phi) is 3.61. The van der Waals surface area contributed by atoms with Gasteiger partial charge >= 0.3 is 0 Å². The molecule has 0 radical (unpaired) electrons. The summed E-state index contributed by atoms with van der Waals surface area (Å²) in [7, 11) is 0. The van der Waals surface area contributed by atoms with Gasteiger partial charge in [-0.2, -0.15) is 0 Å². The van der Waals surface area contributed by atoms with Gasteiger partial charge in [0, 0.05) is 18.1 Å². The summed E-state index contributed by atoms with van der Waals surface area (Å²) in [6.45, 7) is 0.766. The van der Waals surface area contributed by atoms with Crippen molar-refractivity contribution >= 4 is 17.5 Å². The zero-order valence-corrected chi connectivity index (χ0v) is 11.1. The van der Waals surface area contributed by atoms with E-state index in [-0.39, 0.29) is 6.61 Å². The Hall–Kier alpha value is -2.39.